The molecule has 2 unspecified atom stereocenters. The highest BCUT2D eigenvalue weighted by Crippen LogP contribution is 2.49. The molecule has 4 rings (SSSR count). The van der Waals surface area contributed by atoms with E-state index in [1.165, 1.54) is 0 Å². The van der Waals surface area contributed by atoms with Gasteiger partial charge in [-0.25, -0.2) is 4.99 Å². The van der Waals surface area contributed by atoms with Crippen molar-refractivity contribution in [3.05, 3.63) is 41.1 Å². The number of aromatic nitrogens is 1. The molecule has 0 spiro atoms. The van der Waals surface area contributed by atoms with E-state index in [0.717, 1.165) is 34.6 Å². The maximum absolute atomic E-state index is 13.1. The second-order valence-electron chi connectivity index (χ2n) is 8.52. The zero-order valence-corrected chi connectivity index (χ0v) is 16.0. The molecule has 2 heterocycles. The van der Waals surface area contributed by atoms with Gasteiger partial charge in [0.05, 0.1) is 17.2 Å². The lowest BCUT2D eigenvalue weighted by Gasteiger charge is -2.39. The molecule has 5 heteroatoms. The monoisotopic (exact) mass is 351 g/mol. The van der Waals surface area contributed by atoms with Crippen LogP contribution in [0.5, 0.6) is 0 Å². The number of aliphatic imine (C=N–C) groups is 1. The first-order valence-electron chi connectivity index (χ1n) is 9.10. The van der Waals surface area contributed by atoms with Gasteiger partial charge in [0.15, 0.2) is 0 Å². The van der Waals surface area contributed by atoms with Crippen LogP contribution in [-0.2, 0) is 4.79 Å². The van der Waals surface area contributed by atoms with Crippen molar-refractivity contribution in [3.8, 4) is 0 Å². The molecule has 2 aliphatic rings. The summed E-state index contributed by atoms with van der Waals surface area (Å²) in [6.45, 7) is 6.19. The molecule has 136 valence electrons. The first kappa shape index (κ1) is 17.0. The van der Waals surface area contributed by atoms with Gasteiger partial charge in [0.2, 0.25) is 0 Å². The summed E-state index contributed by atoms with van der Waals surface area (Å²) in [5.41, 5.74) is 4.92. The Morgan fingerprint density at radius 1 is 1.12 bits per heavy atom. The van der Waals surface area contributed by atoms with Gasteiger partial charge in [0, 0.05) is 37.8 Å². The lowest BCUT2D eigenvalue weighted by molar-refractivity contribution is -0.124. The largest absolute Gasteiger partial charge is 0.378 e. The first-order valence-corrected chi connectivity index (χ1v) is 9.10. The summed E-state index contributed by atoms with van der Waals surface area (Å²) in [7, 11) is 4.05. The maximum atomic E-state index is 13.1. The Balaban J connectivity index is 1.85. The van der Waals surface area contributed by atoms with Gasteiger partial charge in [0.1, 0.15) is 5.78 Å². The first-order chi connectivity index (χ1) is 12.3. The number of fused-ring (bicyclic) bond motifs is 2. The molecule has 1 saturated carbocycles. The highest BCUT2D eigenvalue weighted by atomic mass is 16.5. The Bertz CT molecular complexity index is 890. The summed E-state index contributed by atoms with van der Waals surface area (Å²) in [6.07, 6.45) is 1.40. The highest BCUT2D eigenvalue weighted by molar-refractivity contribution is 6.10. The van der Waals surface area contributed by atoms with Crippen molar-refractivity contribution in [1.29, 1.82) is 0 Å². The van der Waals surface area contributed by atoms with E-state index in [4.69, 9.17) is 9.52 Å². The molecule has 0 N–H and O–H groups in total. The van der Waals surface area contributed by atoms with Crippen molar-refractivity contribution in [2.45, 2.75) is 39.5 Å². The number of carbonyl (C=O) groups excluding carboxylic acids is 1. The van der Waals surface area contributed by atoms with Crippen molar-refractivity contribution in [1.82, 2.24) is 5.16 Å². The van der Waals surface area contributed by atoms with E-state index >= 15 is 0 Å². The Hall–Kier alpha value is -2.43. The van der Waals surface area contributed by atoms with Gasteiger partial charge in [-0.3, -0.25) is 4.79 Å². The van der Waals surface area contributed by atoms with E-state index < -0.39 is 0 Å². The third-order valence-electron chi connectivity index (χ3n) is 5.57. The second kappa shape index (κ2) is 5.79. The van der Waals surface area contributed by atoms with E-state index in [1.807, 2.05) is 21.0 Å². The van der Waals surface area contributed by atoms with Crippen molar-refractivity contribution >= 4 is 23.1 Å². The molecule has 5 nitrogen and oxygen atoms in total. The Kier molecular flexibility index (Phi) is 3.79. The topological polar surface area (TPSA) is 58.7 Å². The van der Waals surface area contributed by atoms with Crippen molar-refractivity contribution in [2.75, 3.05) is 19.0 Å². The predicted molar refractivity (Wildman–Crippen MR) is 102 cm³/mol. The van der Waals surface area contributed by atoms with Crippen molar-refractivity contribution < 1.29 is 9.32 Å². The van der Waals surface area contributed by atoms with Gasteiger partial charge in [-0.15, -0.1) is 0 Å². The zero-order chi connectivity index (χ0) is 18.6. The zero-order valence-electron chi connectivity index (χ0n) is 16.0. The van der Waals surface area contributed by atoms with Crippen LogP contribution in [0.2, 0.25) is 0 Å². The average Bonchev–Trinajstić information content (AvgIpc) is 2.93. The Labute approximate surface area is 154 Å². The molecule has 1 aliphatic heterocycles. The van der Waals surface area contributed by atoms with Crippen LogP contribution in [0.1, 0.15) is 49.4 Å². The standard InChI is InChI=1S/C21H25N3O2/c1-12-17-18(13-6-8-14(9-7-13)24(4)5)19-15(22-20(17)26-23-12)10-21(2,3)11-16(19)25/h6-9,18-19H,10-11H2,1-5H3. The number of carbonyl (C=O) groups is 1. The van der Waals surface area contributed by atoms with Crippen molar-refractivity contribution in [3.63, 3.8) is 0 Å². The molecule has 1 aromatic carbocycles. The number of aryl methyl sites for hydroxylation is 1. The molecule has 1 aromatic heterocycles. The number of Topliss-reactive ketones (excluding diaryl/α,β-unsaturated/α-hetero) is 1. The molecular formula is C21H25N3O2. The lowest BCUT2D eigenvalue weighted by Crippen LogP contribution is -2.42. The molecular weight excluding hydrogens is 326 g/mol. The average molecular weight is 351 g/mol. The van der Waals surface area contributed by atoms with Crippen LogP contribution in [0, 0.1) is 18.3 Å². The normalized spacial score (nSPS) is 23.9. The smallest absolute Gasteiger partial charge is 0.254 e. The van der Waals surface area contributed by atoms with Gasteiger partial charge >= 0.3 is 0 Å². The third-order valence-corrected chi connectivity index (χ3v) is 5.57. The van der Waals surface area contributed by atoms with Gasteiger partial charge in [-0.1, -0.05) is 31.1 Å². The Morgan fingerprint density at radius 3 is 2.46 bits per heavy atom. The summed E-state index contributed by atoms with van der Waals surface area (Å²) in [4.78, 5) is 19.9. The highest BCUT2D eigenvalue weighted by Gasteiger charge is 2.47. The van der Waals surface area contributed by atoms with Gasteiger partial charge in [-0.2, -0.15) is 0 Å². The van der Waals surface area contributed by atoms with Gasteiger partial charge in [-0.05, 0) is 36.5 Å². The van der Waals surface area contributed by atoms with Crippen LogP contribution < -0.4 is 4.90 Å². The van der Waals surface area contributed by atoms with E-state index in [-0.39, 0.29) is 23.0 Å². The number of hydrogen-bond donors (Lipinski definition) is 0. The summed E-state index contributed by atoms with van der Waals surface area (Å²) in [5, 5.41) is 4.14. The minimum Gasteiger partial charge on any atom is -0.378 e. The maximum Gasteiger partial charge on any atom is 0.254 e. The molecule has 2 aromatic rings. The minimum absolute atomic E-state index is 0.0572. The second-order valence-corrected chi connectivity index (χ2v) is 8.52. The number of anilines is 1. The fourth-order valence-corrected chi connectivity index (χ4v) is 4.36. The van der Waals surface area contributed by atoms with Crippen LogP contribution in [0.25, 0.3) is 0 Å². The van der Waals surface area contributed by atoms with E-state index in [1.54, 1.807) is 0 Å². The quantitative estimate of drug-likeness (QED) is 0.810. The van der Waals surface area contributed by atoms with Crippen LogP contribution in [0.4, 0.5) is 11.6 Å². The molecule has 1 fully saturated rings. The molecule has 0 bridgehead atoms. The van der Waals surface area contributed by atoms with Crippen LogP contribution in [0.15, 0.2) is 33.8 Å². The molecule has 0 saturated heterocycles. The number of nitrogens with zero attached hydrogens (tertiary/aromatic N) is 3. The fraction of sp³-hybridized carbons (Fsp3) is 0.476. The van der Waals surface area contributed by atoms with Crippen LogP contribution >= 0.6 is 0 Å². The van der Waals surface area contributed by atoms with Gasteiger partial charge in [0.25, 0.3) is 5.88 Å². The molecule has 0 radical (unpaired) electrons. The molecule has 26 heavy (non-hydrogen) atoms. The summed E-state index contributed by atoms with van der Waals surface area (Å²) >= 11 is 0. The summed E-state index contributed by atoms with van der Waals surface area (Å²) < 4.78 is 5.50. The summed E-state index contributed by atoms with van der Waals surface area (Å²) in [5.74, 6) is 0.566. The van der Waals surface area contributed by atoms with Crippen LogP contribution in [0.3, 0.4) is 0 Å². The van der Waals surface area contributed by atoms with E-state index in [9.17, 15) is 4.79 Å². The number of benzene rings is 1. The third kappa shape index (κ3) is 2.66. The van der Waals surface area contributed by atoms with E-state index in [0.29, 0.717) is 12.3 Å². The number of rotatable bonds is 2. The summed E-state index contributed by atoms with van der Waals surface area (Å²) in [6, 6.07) is 8.43. The fourth-order valence-electron chi connectivity index (χ4n) is 4.36. The molecule has 2 atom stereocenters. The predicted octanol–water partition coefficient (Wildman–Crippen LogP) is 4.27. The van der Waals surface area contributed by atoms with E-state index in [2.05, 4.69) is 48.2 Å². The Morgan fingerprint density at radius 2 is 1.81 bits per heavy atom. The SMILES string of the molecule is Cc1noc2c1C(c1ccc(N(C)C)cc1)C1C(=O)CC(C)(C)CC1=N2. The minimum atomic E-state index is -0.209. The van der Waals surface area contributed by atoms with Gasteiger partial charge < -0.3 is 9.42 Å². The van der Waals surface area contributed by atoms with Crippen LogP contribution in [-0.4, -0.2) is 30.7 Å². The molecule has 1 aliphatic carbocycles. The number of ketones is 1. The lowest BCUT2D eigenvalue weighted by atomic mass is 9.64. The molecule has 0 amide bonds. The van der Waals surface area contributed by atoms with Crippen molar-refractivity contribution in [2.24, 2.45) is 16.3 Å². The number of hydrogen-bond acceptors (Lipinski definition) is 5.